The Kier molecular flexibility index (Phi) is 4.95. The third kappa shape index (κ3) is 3.41. The van der Waals surface area contributed by atoms with Crippen LogP contribution < -0.4 is 15.4 Å². The number of methoxy groups -OCH3 is 1. The van der Waals surface area contributed by atoms with Crippen molar-refractivity contribution in [3.8, 4) is 5.75 Å². The van der Waals surface area contributed by atoms with Crippen LogP contribution in [0, 0.1) is 0 Å². The van der Waals surface area contributed by atoms with Gasteiger partial charge in [0.15, 0.2) is 0 Å². The fourth-order valence-corrected chi connectivity index (χ4v) is 2.28. The predicted octanol–water partition coefficient (Wildman–Crippen LogP) is 2.36. The van der Waals surface area contributed by atoms with Gasteiger partial charge in [0.05, 0.1) is 13.5 Å². The first-order valence-electron chi connectivity index (χ1n) is 6.83. The fourth-order valence-electron chi connectivity index (χ4n) is 2.28. The second kappa shape index (κ2) is 6.90. The maximum Gasteiger partial charge on any atom is 0.231 e. The molecule has 0 saturated heterocycles. The Morgan fingerprint density at radius 1 is 1.10 bits per heavy atom. The second-order valence-corrected chi connectivity index (χ2v) is 4.77. The summed E-state index contributed by atoms with van der Waals surface area (Å²) in [6, 6.07) is 15.2. The molecule has 0 unspecified atom stereocenters. The van der Waals surface area contributed by atoms with Crippen LogP contribution in [0.1, 0.15) is 11.1 Å². The molecule has 0 radical (unpaired) electrons. The lowest BCUT2D eigenvalue weighted by atomic mass is 10.1. The largest absolute Gasteiger partial charge is 0.496 e. The topological polar surface area (TPSA) is 55.6 Å². The molecule has 0 atom stereocenters. The van der Waals surface area contributed by atoms with Gasteiger partial charge in [0, 0.05) is 24.8 Å². The standard InChI is InChI=1S/C17H20N2O2/c1-19(15-9-5-3-8-14(15)12-18)17(20)11-13-7-4-6-10-16(13)21-2/h3-10H,11-12,18H2,1-2H3. The van der Waals surface area contributed by atoms with Crippen LogP contribution in [0.4, 0.5) is 5.69 Å². The number of hydrogen-bond donors (Lipinski definition) is 1. The maximum absolute atomic E-state index is 12.5. The van der Waals surface area contributed by atoms with Gasteiger partial charge in [0.25, 0.3) is 0 Å². The highest BCUT2D eigenvalue weighted by Crippen LogP contribution is 2.22. The minimum atomic E-state index is 0.000370. The summed E-state index contributed by atoms with van der Waals surface area (Å²) in [5.41, 5.74) is 8.41. The highest BCUT2D eigenvalue weighted by molar-refractivity contribution is 5.95. The van der Waals surface area contributed by atoms with E-state index in [-0.39, 0.29) is 5.91 Å². The summed E-state index contributed by atoms with van der Waals surface area (Å²) in [6.07, 6.45) is 0.291. The van der Waals surface area contributed by atoms with E-state index in [2.05, 4.69) is 0 Å². The Balaban J connectivity index is 2.20. The first kappa shape index (κ1) is 15.1. The normalized spacial score (nSPS) is 10.2. The lowest BCUT2D eigenvalue weighted by Gasteiger charge is -2.20. The van der Waals surface area contributed by atoms with Gasteiger partial charge in [-0.2, -0.15) is 0 Å². The lowest BCUT2D eigenvalue weighted by molar-refractivity contribution is -0.117. The molecule has 21 heavy (non-hydrogen) atoms. The molecule has 110 valence electrons. The number of nitrogens with zero attached hydrogens (tertiary/aromatic N) is 1. The van der Waals surface area contributed by atoms with Gasteiger partial charge in [-0.1, -0.05) is 36.4 Å². The van der Waals surface area contributed by atoms with Crippen molar-refractivity contribution < 1.29 is 9.53 Å². The minimum absolute atomic E-state index is 0.000370. The molecule has 4 nitrogen and oxygen atoms in total. The van der Waals surface area contributed by atoms with Crippen LogP contribution >= 0.6 is 0 Å². The summed E-state index contributed by atoms with van der Waals surface area (Å²) in [4.78, 5) is 14.1. The van der Waals surface area contributed by atoms with E-state index >= 15 is 0 Å². The Morgan fingerprint density at radius 2 is 1.71 bits per heavy atom. The maximum atomic E-state index is 12.5. The summed E-state index contributed by atoms with van der Waals surface area (Å²) in [7, 11) is 3.38. The van der Waals surface area contributed by atoms with Crippen LogP contribution in [0.25, 0.3) is 0 Å². The van der Waals surface area contributed by atoms with Gasteiger partial charge in [-0.3, -0.25) is 4.79 Å². The van der Waals surface area contributed by atoms with Crippen molar-refractivity contribution in [1.82, 2.24) is 0 Å². The number of likely N-dealkylation sites (N-methyl/N-ethyl adjacent to an activating group) is 1. The first-order valence-corrected chi connectivity index (χ1v) is 6.83. The molecule has 0 bridgehead atoms. The average Bonchev–Trinajstić information content (AvgIpc) is 2.54. The predicted molar refractivity (Wildman–Crippen MR) is 84.4 cm³/mol. The third-order valence-electron chi connectivity index (χ3n) is 3.48. The molecule has 0 fully saturated rings. The van der Waals surface area contributed by atoms with E-state index in [1.807, 2.05) is 48.5 Å². The molecule has 0 aliphatic carbocycles. The molecule has 2 N–H and O–H groups in total. The van der Waals surface area contributed by atoms with Gasteiger partial charge in [-0.15, -0.1) is 0 Å². The first-order chi connectivity index (χ1) is 10.2. The number of ether oxygens (including phenoxy) is 1. The van der Waals surface area contributed by atoms with Crippen LogP contribution in [0.15, 0.2) is 48.5 Å². The quantitative estimate of drug-likeness (QED) is 0.917. The van der Waals surface area contributed by atoms with Gasteiger partial charge in [0.2, 0.25) is 5.91 Å². The number of carbonyl (C=O) groups excluding carboxylic acids is 1. The zero-order valence-electron chi connectivity index (χ0n) is 12.4. The van der Waals surface area contributed by atoms with E-state index in [4.69, 9.17) is 10.5 Å². The number of benzene rings is 2. The molecule has 0 aromatic heterocycles. The number of carbonyl (C=O) groups is 1. The molecule has 0 saturated carbocycles. The van der Waals surface area contributed by atoms with Crippen molar-refractivity contribution in [2.75, 3.05) is 19.1 Å². The van der Waals surface area contributed by atoms with E-state index in [1.165, 1.54) is 0 Å². The Bertz CT molecular complexity index is 626. The molecule has 1 amide bonds. The molecule has 0 heterocycles. The molecule has 0 aliphatic rings. The zero-order valence-corrected chi connectivity index (χ0v) is 12.4. The van der Waals surface area contributed by atoms with Gasteiger partial charge >= 0.3 is 0 Å². The summed E-state index contributed by atoms with van der Waals surface area (Å²) in [6.45, 7) is 0.405. The SMILES string of the molecule is COc1ccccc1CC(=O)N(C)c1ccccc1CN. The number of rotatable bonds is 5. The fraction of sp³-hybridized carbons (Fsp3) is 0.235. The van der Waals surface area contributed by atoms with Crippen molar-refractivity contribution in [3.63, 3.8) is 0 Å². The number of para-hydroxylation sites is 2. The van der Waals surface area contributed by atoms with E-state index in [9.17, 15) is 4.79 Å². The summed E-state index contributed by atoms with van der Waals surface area (Å²) in [5.74, 6) is 0.728. The average molecular weight is 284 g/mol. The van der Waals surface area contributed by atoms with Gasteiger partial charge in [-0.05, 0) is 17.7 Å². The third-order valence-corrected chi connectivity index (χ3v) is 3.48. The molecule has 4 heteroatoms. The van der Waals surface area contributed by atoms with E-state index in [0.29, 0.717) is 13.0 Å². The number of anilines is 1. The van der Waals surface area contributed by atoms with Crippen molar-refractivity contribution >= 4 is 11.6 Å². The van der Waals surface area contributed by atoms with Gasteiger partial charge < -0.3 is 15.4 Å². The van der Waals surface area contributed by atoms with Gasteiger partial charge in [0.1, 0.15) is 5.75 Å². The Hall–Kier alpha value is -2.33. The second-order valence-electron chi connectivity index (χ2n) is 4.77. The van der Waals surface area contributed by atoms with Gasteiger partial charge in [-0.25, -0.2) is 0 Å². The Labute approximate surface area is 125 Å². The van der Waals surface area contributed by atoms with Crippen LogP contribution in [0.3, 0.4) is 0 Å². The molecule has 0 aliphatic heterocycles. The minimum Gasteiger partial charge on any atom is -0.496 e. The smallest absolute Gasteiger partial charge is 0.231 e. The highest BCUT2D eigenvalue weighted by Gasteiger charge is 2.15. The highest BCUT2D eigenvalue weighted by atomic mass is 16.5. The van der Waals surface area contributed by atoms with Crippen LogP contribution in [-0.2, 0) is 17.8 Å². The summed E-state index contributed by atoms with van der Waals surface area (Å²) in [5, 5.41) is 0. The molecule has 0 spiro atoms. The molecular formula is C17H20N2O2. The van der Waals surface area contributed by atoms with Crippen molar-refractivity contribution in [2.45, 2.75) is 13.0 Å². The van der Waals surface area contributed by atoms with Crippen LogP contribution in [0.2, 0.25) is 0 Å². The zero-order chi connectivity index (χ0) is 15.2. The van der Waals surface area contributed by atoms with E-state index in [1.54, 1.807) is 19.1 Å². The van der Waals surface area contributed by atoms with E-state index in [0.717, 1.165) is 22.6 Å². The molecular weight excluding hydrogens is 264 g/mol. The van der Waals surface area contributed by atoms with Crippen molar-refractivity contribution in [2.24, 2.45) is 5.73 Å². The Morgan fingerprint density at radius 3 is 2.38 bits per heavy atom. The molecule has 2 rings (SSSR count). The molecule has 2 aromatic carbocycles. The van der Waals surface area contributed by atoms with E-state index < -0.39 is 0 Å². The number of amides is 1. The monoisotopic (exact) mass is 284 g/mol. The lowest BCUT2D eigenvalue weighted by Crippen LogP contribution is -2.29. The number of hydrogen-bond acceptors (Lipinski definition) is 3. The van der Waals surface area contributed by atoms with Crippen molar-refractivity contribution in [3.05, 3.63) is 59.7 Å². The van der Waals surface area contributed by atoms with Crippen LogP contribution in [-0.4, -0.2) is 20.1 Å². The van der Waals surface area contributed by atoms with Crippen molar-refractivity contribution in [1.29, 1.82) is 0 Å². The summed E-state index contributed by atoms with van der Waals surface area (Å²) < 4.78 is 5.29. The molecule has 2 aromatic rings. The summed E-state index contributed by atoms with van der Waals surface area (Å²) >= 11 is 0. The number of nitrogens with two attached hydrogens (primary N) is 1. The van der Waals surface area contributed by atoms with Crippen LogP contribution in [0.5, 0.6) is 5.75 Å².